The summed E-state index contributed by atoms with van der Waals surface area (Å²) in [6, 6.07) is 45.1. The van der Waals surface area contributed by atoms with Crippen molar-refractivity contribution in [2.24, 2.45) is 32.3 Å². The van der Waals surface area contributed by atoms with Crippen molar-refractivity contribution in [2.45, 2.75) is 79.1 Å². The lowest BCUT2D eigenvalue weighted by Gasteiger charge is -2.17. The highest BCUT2D eigenvalue weighted by Gasteiger charge is 2.15. The summed E-state index contributed by atoms with van der Waals surface area (Å²) in [5.41, 5.74) is 8.99. The maximum atomic E-state index is 6.37. The van der Waals surface area contributed by atoms with Crippen LogP contribution >= 0.6 is 11.7 Å². The Bertz CT molecular complexity index is 2630. The van der Waals surface area contributed by atoms with Gasteiger partial charge in [-0.15, -0.1) is 10.2 Å². The van der Waals surface area contributed by atoms with Crippen molar-refractivity contribution in [3.8, 4) is 33.8 Å². The predicted molar refractivity (Wildman–Crippen MR) is 262 cm³/mol. The fourth-order valence-corrected chi connectivity index (χ4v) is 8.69. The molecule has 0 aliphatic heterocycles. The van der Waals surface area contributed by atoms with Crippen LogP contribution in [0.3, 0.4) is 0 Å². The Balaban J connectivity index is 0.948. The van der Waals surface area contributed by atoms with Crippen LogP contribution < -0.4 is 9.47 Å². The second-order valence-electron chi connectivity index (χ2n) is 16.3. The Morgan fingerprint density at radius 2 is 0.873 bits per heavy atom. The van der Waals surface area contributed by atoms with Gasteiger partial charge in [0, 0.05) is 32.7 Å². The maximum absolute atomic E-state index is 6.37. The van der Waals surface area contributed by atoms with Gasteiger partial charge in [-0.3, -0.25) is 0 Å². The molecule has 1 aromatic heterocycles. The molecule has 7 aromatic carbocycles. The molecule has 0 aliphatic carbocycles. The van der Waals surface area contributed by atoms with Gasteiger partial charge in [0.05, 0.1) is 47.7 Å². The molecule has 0 aliphatic rings. The van der Waals surface area contributed by atoms with E-state index >= 15 is 0 Å². The largest absolute Gasteiger partial charge is 0.493 e. The second-order valence-corrected chi connectivity index (χ2v) is 16.9. The van der Waals surface area contributed by atoms with Crippen LogP contribution in [-0.4, -0.2) is 22.0 Å². The van der Waals surface area contributed by atoms with E-state index in [0.717, 1.165) is 115 Å². The van der Waals surface area contributed by atoms with Gasteiger partial charge in [-0.25, -0.2) is 0 Å². The Morgan fingerprint density at radius 1 is 0.460 bits per heavy atom. The summed E-state index contributed by atoms with van der Waals surface area (Å²) >= 11 is 1.22. The quantitative estimate of drug-likeness (QED) is 0.0714. The topological polar surface area (TPSA) is 93.7 Å². The Kier molecular flexibility index (Phi) is 14.6. The number of azo groups is 2. The van der Waals surface area contributed by atoms with Crippen molar-refractivity contribution in [1.29, 1.82) is 0 Å². The third-order valence-electron chi connectivity index (χ3n) is 12.1. The lowest BCUT2D eigenvalue weighted by molar-refractivity contribution is 0.235. The smallest absolute Gasteiger partial charge is 0.127 e. The Morgan fingerprint density at radius 3 is 1.27 bits per heavy atom. The first-order valence-corrected chi connectivity index (χ1v) is 23.4. The van der Waals surface area contributed by atoms with Crippen LogP contribution in [0.25, 0.3) is 54.8 Å². The zero-order valence-corrected chi connectivity index (χ0v) is 37.7. The normalized spacial score (nSPS) is 12.8. The SMILES string of the molecule is CCCCC(CC)COc1ccc(/N=N/c2ccc(-c3ccc(-c4ccc(/N=N/c5ccc(OCC(CC)CCCC)c6ccccc56)cc4)c4nsnc34)cc2)c2ccccc12. The van der Waals surface area contributed by atoms with Gasteiger partial charge in [0.1, 0.15) is 22.5 Å². The fraction of sp³-hybridized carbons (Fsp3) is 0.296. The average molecular weight is 853 g/mol. The molecule has 320 valence electrons. The number of ether oxygens (including phenoxy) is 2. The van der Waals surface area contributed by atoms with Crippen LogP contribution in [0.15, 0.2) is 154 Å². The molecule has 0 saturated carbocycles. The summed E-state index contributed by atoms with van der Waals surface area (Å²) in [6.07, 6.45) is 9.52. The van der Waals surface area contributed by atoms with Crippen LogP contribution in [0.4, 0.5) is 22.7 Å². The van der Waals surface area contributed by atoms with E-state index in [9.17, 15) is 0 Å². The van der Waals surface area contributed by atoms with Crippen molar-refractivity contribution in [3.05, 3.63) is 133 Å². The fourth-order valence-electron chi connectivity index (χ4n) is 8.12. The summed E-state index contributed by atoms with van der Waals surface area (Å²) in [7, 11) is 0. The third-order valence-corrected chi connectivity index (χ3v) is 12.6. The average Bonchev–Trinajstić information content (AvgIpc) is 3.84. The summed E-state index contributed by atoms with van der Waals surface area (Å²) in [5.74, 6) is 2.91. The van der Waals surface area contributed by atoms with Gasteiger partial charge in [-0.05, 0) is 84.3 Å². The molecule has 0 spiro atoms. The van der Waals surface area contributed by atoms with Gasteiger partial charge in [-0.1, -0.05) is 151 Å². The molecular weight excluding hydrogens is 797 g/mol. The number of hydrogen-bond donors (Lipinski definition) is 0. The van der Waals surface area contributed by atoms with Gasteiger partial charge < -0.3 is 9.47 Å². The summed E-state index contributed by atoms with van der Waals surface area (Å²) in [6.45, 7) is 10.4. The first-order valence-electron chi connectivity index (χ1n) is 22.6. The lowest BCUT2D eigenvalue weighted by Crippen LogP contribution is -2.11. The van der Waals surface area contributed by atoms with Crippen molar-refractivity contribution in [3.63, 3.8) is 0 Å². The molecule has 8 nitrogen and oxygen atoms in total. The van der Waals surface area contributed by atoms with Crippen LogP contribution in [0.2, 0.25) is 0 Å². The van der Waals surface area contributed by atoms with Crippen molar-refractivity contribution in [1.82, 2.24) is 8.75 Å². The highest BCUT2D eigenvalue weighted by molar-refractivity contribution is 7.00. The molecule has 1 heterocycles. The van der Waals surface area contributed by atoms with Crippen LogP contribution in [0.1, 0.15) is 79.1 Å². The molecule has 0 radical (unpaired) electrons. The Labute approximate surface area is 375 Å². The molecule has 2 unspecified atom stereocenters. The minimum Gasteiger partial charge on any atom is -0.493 e. The molecule has 8 rings (SSSR count). The van der Waals surface area contributed by atoms with Gasteiger partial charge in [0.25, 0.3) is 0 Å². The van der Waals surface area contributed by atoms with E-state index in [1.165, 1.54) is 50.3 Å². The van der Waals surface area contributed by atoms with E-state index in [-0.39, 0.29) is 0 Å². The van der Waals surface area contributed by atoms with E-state index in [1.807, 2.05) is 72.8 Å². The standard InChI is InChI=1S/C54H56N6O2S/c1-5-9-15-37(7-3)35-61-51-33-31-49(45-17-11-13-19-47(45)51)57-55-41-25-21-39(22-26-41)43-29-30-44(54-53(43)59-63-60-54)40-23-27-42(28-24-40)56-58-50-32-34-52(48-20-14-12-18-46(48)50)62-36-38(8-4)16-10-6-2/h11-14,17-34,37-38H,5-10,15-16,35-36H2,1-4H3/b57-55+,58-56+. The molecular formula is C54H56N6O2S. The second kappa shape index (κ2) is 21.2. The molecule has 0 bridgehead atoms. The van der Waals surface area contributed by atoms with Gasteiger partial charge >= 0.3 is 0 Å². The molecule has 9 heteroatoms. The highest BCUT2D eigenvalue weighted by atomic mass is 32.1. The minimum absolute atomic E-state index is 0.561. The first-order chi connectivity index (χ1) is 31.1. The summed E-state index contributed by atoms with van der Waals surface area (Å²) < 4.78 is 22.2. The summed E-state index contributed by atoms with van der Waals surface area (Å²) in [4.78, 5) is 0. The molecule has 8 aromatic rings. The van der Waals surface area contributed by atoms with Gasteiger partial charge in [0.2, 0.25) is 0 Å². The molecule has 0 N–H and O–H groups in total. The van der Waals surface area contributed by atoms with E-state index in [4.69, 9.17) is 18.2 Å². The number of benzene rings is 7. The predicted octanol–water partition coefficient (Wildman–Crippen LogP) is 17.4. The number of rotatable bonds is 20. The number of hydrogen-bond acceptors (Lipinski definition) is 9. The van der Waals surface area contributed by atoms with E-state index in [1.54, 1.807) is 0 Å². The first kappa shape index (κ1) is 43.3. The number of fused-ring (bicyclic) bond motifs is 3. The maximum Gasteiger partial charge on any atom is 0.127 e. The van der Waals surface area contributed by atoms with E-state index < -0.39 is 0 Å². The monoisotopic (exact) mass is 852 g/mol. The zero-order valence-electron chi connectivity index (χ0n) is 36.8. The van der Waals surface area contributed by atoms with Crippen LogP contribution in [0.5, 0.6) is 11.5 Å². The van der Waals surface area contributed by atoms with Crippen molar-refractivity contribution in [2.75, 3.05) is 13.2 Å². The van der Waals surface area contributed by atoms with Crippen molar-refractivity contribution < 1.29 is 9.47 Å². The van der Waals surface area contributed by atoms with Crippen molar-refractivity contribution >= 4 is 67.1 Å². The molecule has 0 amide bonds. The van der Waals surface area contributed by atoms with Crippen LogP contribution in [-0.2, 0) is 0 Å². The molecule has 63 heavy (non-hydrogen) atoms. The summed E-state index contributed by atoms with van der Waals surface area (Å²) in [5, 5.41) is 22.8. The molecule has 0 saturated heterocycles. The highest BCUT2D eigenvalue weighted by Crippen LogP contribution is 2.39. The minimum atomic E-state index is 0.561. The molecule has 0 fully saturated rings. The Hall–Kier alpha value is -6.32. The lowest BCUT2D eigenvalue weighted by atomic mass is 9.97. The number of nitrogens with zero attached hydrogens (tertiary/aromatic N) is 6. The number of unbranched alkanes of at least 4 members (excludes halogenated alkanes) is 2. The zero-order chi connectivity index (χ0) is 43.4. The van der Waals surface area contributed by atoms with Crippen LogP contribution in [0, 0.1) is 11.8 Å². The van der Waals surface area contributed by atoms with Gasteiger partial charge in [-0.2, -0.15) is 19.0 Å². The number of aromatic nitrogens is 2. The third kappa shape index (κ3) is 10.3. The molecule has 2 atom stereocenters. The van der Waals surface area contributed by atoms with E-state index in [2.05, 4.69) is 109 Å². The van der Waals surface area contributed by atoms with Gasteiger partial charge in [0.15, 0.2) is 0 Å². The van der Waals surface area contributed by atoms with E-state index in [0.29, 0.717) is 11.8 Å².